The Bertz CT molecular complexity index is 390. The van der Waals surface area contributed by atoms with Crippen LogP contribution in [0.15, 0.2) is 29.3 Å². The third-order valence-corrected chi connectivity index (χ3v) is 3.28. The fourth-order valence-electron chi connectivity index (χ4n) is 1.83. The van der Waals surface area contributed by atoms with Gasteiger partial charge in [0.1, 0.15) is 0 Å². The summed E-state index contributed by atoms with van der Waals surface area (Å²) in [5.74, 6) is 2.01. The Labute approximate surface area is 107 Å². The standard InChI is InChI=1S/C13H19N3S/c1-17-10-12-5-2-4-11(8-12)9-16-13-14-6-3-7-15-13/h2,4-5,8H,3,6-7,9-10H2,1H3,(H2,14,15,16). The molecule has 2 N–H and O–H groups in total. The second kappa shape index (κ2) is 6.55. The maximum atomic E-state index is 4.39. The van der Waals surface area contributed by atoms with Gasteiger partial charge in [-0.2, -0.15) is 11.8 Å². The summed E-state index contributed by atoms with van der Waals surface area (Å²) in [4.78, 5) is 4.39. The number of benzene rings is 1. The third-order valence-electron chi connectivity index (χ3n) is 2.66. The normalized spacial score (nSPS) is 15.0. The molecule has 0 aliphatic carbocycles. The molecule has 92 valence electrons. The molecule has 0 amide bonds. The van der Waals surface area contributed by atoms with Crippen LogP contribution in [0, 0.1) is 0 Å². The van der Waals surface area contributed by atoms with Gasteiger partial charge in [-0.1, -0.05) is 24.3 Å². The summed E-state index contributed by atoms with van der Waals surface area (Å²) < 4.78 is 0. The summed E-state index contributed by atoms with van der Waals surface area (Å²) >= 11 is 1.85. The lowest BCUT2D eigenvalue weighted by atomic mass is 10.1. The Morgan fingerprint density at radius 2 is 2.29 bits per heavy atom. The van der Waals surface area contributed by atoms with Gasteiger partial charge >= 0.3 is 0 Å². The number of nitrogens with zero attached hydrogens (tertiary/aromatic N) is 1. The van der Waals surface area contributed by atoms with E-state index in [0.717, 1.165) is 37.8 Å². The predicted molar refractivity (Wildman–Crippen MR) is 75.4 cm³/mol. The lowest BCUT2D eigenvalue weighted by molar-refractivity contribution is 0.702. The first-order valence-electron chi connectivity index (χ1n) is 5.97. The Kier molecular flexibility index (Phi) is 4.74. The fourth-order valence-corrected chi connectivity index (χ4v) is 2.35. The molecule has 0 unspecified atom stereocenters. The van der Waals surface area contributed by atoms with Gasteiger partial charge < -0.3 is 10.6 Å². The average molecular weight is 249 g/mol. The van der Waals surface area contributed by atoms with Crippen LogP contribution >= 0.6 is 11.8 Å². The molecule has 0 bridgehead atoms. The first kappa shape index (κ1) is 12.3. The van der Waals surface area contributed by atoms with E-state index in [1.165, 1.54) is 11.1 Å². The zero-order valence-electron chi connectivity index (χ0n) is 10.2. The number of rotatable bonds is 4. The van der Waals surface area contributed by atoms with Crippen LogP contribution in [0.4, 0.5) is 0 Å². The molecule has 0 saturated carbocycles. The molecule has 0 aromatic heterocycles. The molecule has 0 atom stereocenters. The van der Waals surface area contributed by atoms with E-state index >= 15 is 0 Å². The van der Waals surface area contributed by atoms with Gasteiger partial charge in [0.25, 0.3) is 0 Å². The SMILES string of the molecule is CSCc1cccc(CNC2=NCCCN2)c1. The summed E-state index contributed by atoms with van der Waals surface area (Å²) in [6.45, 7) is 2.80. The first-order valence-corrected chi connectivity index (χ1v) is 7.37. The maximum Gasteiger partial charge on any atom is 0.191 e. The number of thioether (sulfide) groups is 1. The fraction of sp³-hybridized carbons (Fsp3) is 0.462. The van der Waals surface area contributed by atoms with Crippen molar-refractivity contribution in [1.29, 1.82) is 0 Å². The van der Waals surface area contributed by atoms with Gasteiger partial charge in [0.15, 0.2) is 5.96 Å². The van der Waals surface area contributed by atoms with E-state index in [4.69, 9.17) is 0 Å². The summed E-state index contributed by atoms with van der Waals surface area (Å²) in [6.07, 6.45) is 3.26. The van der Waals surface area contributed by atoms with Gasteiger partial charge in [0, 0.05) is 25.4 Å². The van der Waals surface area contributed by atoms with Crippen LogP contribution in [0.3, 0.4) is 0 Å². The van der Waals surface area contributed by atoms with Crippen LogP contribution in [0.1, 0.15) is 17.5 Å². The van der Waals surface area contributed by atoms with E-state index in [0.29, 0.717) is 0 Å². The van der Waals surface area contributed by atoms with Crippen LogP contribution in [0.2, 0.25) is 0 Å². The lowest BCUT2D eigenvalue weighted by Gasteiger charge is -2.16. The van der Waals surface area contributed by atoms with E-state index in [1.807, 2.05) is 11.8 Å². The van der Waals surface area contributed by atoms with Gasteiger partial charge in [-0.25, -0.2) is 0 Å². The zero-order valence-corrected chi connectivity index (χ0v) is 11.0. The first-order chi connectivity index (χ1) is 8.38. The Hall–Kier alpha value is -1.16. The van der Waals surface area contributed by atoms with Crippen molar-refractivity contribution in [2.45, 2.75) is 18.7 Å². The molecule has 17 heavy (non-hydrogen) atoms. The second-order valence-corrected chi connectivity index (χ2v) is 4.98. The number of guanidine groups is 1. The summed E-state index contributed by atoms with van der Waals surface area (Å²) in [6, 6.07) is 8.71. The minimum atomic E-state index is 0.841. The molecular weight excluding hydrogens is 230 g/mol. The van der Waals surface area contributed by atoms with Gasteiger partial charge in [-0.15, -0.1) is 0 Å². The Morgan fingerprint density at radius 1 is 1.41 bits per heavy atom. The quantitative estimate of drug-likeness (QED) is 0.857. The molecule has 0 saturated heterocycles. The van der Waals surface area contributed by atoms with Gasteiger partial charge in [0.2, 0.25) is 0 Å². The van der Waals surface area contributed by atoms with Gasteiger partial charge in [-0.3, -0.25) is 4.99 Å². The van der Waals surface area contributed by atoms with Crippen molar-refractivity contribution in [2.75, 3.05) is 19.3 Å². The average Bonchev–Trinajstić information content (AvgIpc) is 2.39. The molecule has 0 spiro atoms. The van der Waals surface area contributed by atoms with Gasteiger partial charge in [0.05, 0.1) is 0 Å². The van der Waals surface area contributed by atoms with Crippen molar-refractivity contribution in [1.82, 2.24) is 10.6 Å². The monoisotopic (exact) mass is 249 g/mol. The molecule has 1 aliphatic rings. The topological polar surface area (TPSA) is 36.4 Å². The molecule has 0 fully saturated rings. The van der Waals surface area contributed by atoms with Gasteiger partial charge in [-0.05, 0) is 23.8 Å². The highest BCUT2D eigenvalue weighted by Crippen LogP contribution is 2.11. The summed E-state index contributed by atoms with van der Waals surface area (Å²) in [5, 5.41) is 6.60. The van der Waals surface area contributed by atoms with Crippen molar-refractivity contribution in [3.8, 4) is 0 Å². The van der Waals surface area contributed by atoms with Crippen molar-refractivity contribution in [2.24, 2.45) is 4.99 Å². The molecule has 2 rings (SSSR count). The number of nitrogens with one attached hydrogen (secondary N) is 2. The highest BCUT2D eigenvalue weighted by molar-refractivity contribution is 7.97. The molecule has 1 heterocycles. The molecule has 1 aromatic rings. The number of hydrogen-bond acceptors (Lipinski definition) is 4. The summed E-state index contributed by atoms with van der Waals surface area (Å²) in [5.41, 5.74) is 2.70. The minimum absolute atomic E-state index is 0.841. The molecular formula is C13H19N3S. The second-order valence-electron chi connectivity index (χ2n) is 4.12. The van der Waals surface area contributed by atoms with Crippen LogP contribution in [0.25, 0.3) is 0 Å². The molecule has 1 aliphatic heterocycles. The molecule has 0 radical (unpaired) electrons. The van der Waals surface area contributed by atoms with E-state index in [2.05, 4.69) is 46.1 Å². The Balaban J connectivity index is 1.89. The van der Waals surface area contributed by atoms with Crippen LogP contribution in [-0.4, -0.2) is 25.3 Å². The zero-order chi connectivity index (χ0) is 11.9. The van der Waals surface area contributed by atoms with Crippen LogP contribution in [-0.2, 0) is 12.3 Å². The molecule has 3 nitrogen and oxygen atoms in total. The highest BCUT2D eigenvalue weighted by atomic mass is 32.2. The maximum absolute atomic E-state index is 4.39. The third kappa shape index (κ3) is 3.97. The summed E-state index contributed by atoms with van der Waals surface area (Å²) in [7, 11) is 0. The van der Waals surface area contributed by atoms with Crippen molar-refractivity contribution in [3.63, 3.8) is 0 Å². The highest BCUT2D eigenvalue weighted by Gasteiger charge is 2.03. The predicted octanol–water partition coefficient (Wildman–Crippen LogP) is 1.99. The molecule has 1 aromatic carbocycles. The number of aliphatic imine (C=N–C) groups is 1. The number of hydrogen-bond donors (Lipinski definition) is 2. The minimum Gasteiger partial charge on any atom is -0.356 e. The smallest absolute Gasteiger partial charge is 0.191 e. The largest absolute Gasteiger partial charge is 0.356 e. The lowest BCUT2D eigenvalue weighted by Crippen LogP contribution is -2.40. The van der Waals surface area contributed by atoms with Crippen LogP contribution < -0.4 is 10.6 Å². The van der Waals surface area contributed by atoms with E-state index in [1.54, 1.807) is 0 Å². The Morgan fingerprint density at radius 3 is 3.06 bits per heavy atom. The molecule has 4 heteroatoms. The van der Waals surface area contributed by atoms with Crippen molar-refractivity contribution < 1.29 is 0 Å². The van der Waals surface area contributed by atoms with E-state index in [-0.39, 0.29) is 0 Å². The van der Waals surface area contributed by atoms with E-state index < -0.39 is 0 Å². The van der Waals surface area contributed by atoms with Crippen molar-refractivity contribution >= 4 is 17.7 Å². The van der Waals surface area contributed by atoms with Crippen LogP contribution in [0.5, 0.6) is 0 Å². The van der Waals surface area contributed by atoms with Crippen molar-refractivity contribution in [3.05, 3.63) is 35.4 Å². The van der Waals surface area contributed by atoms with E-state index in [9.17, 15) is 0 Å².